The second-order valence-corrected chi connectivity index (χ2v) is 10.6. The van der Waals surface area contributed by atoms with Crippen LogP contribution >= 0.6 is 12.4 Å². The predicted molar refractivity (Wildman–Crippen MR) is 113 cm³/mol. The van der Waals surface area contributed by atoms with E-state index in [2.05, 4.69) is 5.32 Å². The maximum atomic E-state index is 13.1. The summed E-state index contributed by atoms with van der Waals surface area (Å²) in [6.45, 7) is 8.40. The standard InChI is InChI=1S/C20H31N3O3S.ClH/c1-20(2,3)21-19(24)15-22-10-5-11-23(13-12-22)27(25,26)18-9-8-16-6-4-7-17(16)14-18;/h8-9,14H,4-7,10-13,15H2,1-3H3,(H,21,24);1H. The van der Waals surface area contributed by atoms with Crippen LogP contribution in [0.5, 0.6) is 0 Å². The number of hydrogen-bond acceptors (Lipinski definition) is 4. The quantitative estimate of drug-likeness (QED) is 0.796. The molecule has 0 atom stereocenters. The molecule has 1 aliphatic heterocycles. The van der Waals surface area contributed by atoms with E-state index >= 15 is 0 Å². The van der Waals surface area contributed by atoms with Crippen molar-refractivity contribution in [2.75, 3.05) is 32.7 Å². The van der Waals surface area contributed by atoms with Crippen molar-refractivity contribution in [2.45, 2.75) is 56.9 Å². The average molecular weight is 430 g/mol. The Morgan fingerprint density at radius 3 is 2.46 bits per heavy atom. The number of nitrogens with zero attached hydrogens (tertiary/aromatic N) is 2. The number of fused-ring (bicyclic) bond motifs is 1. The fraction of sp³-hybridized carbons (Fsp3) is 0.650. The number of amides is 1. The number of nitrogens with one attached hydrogen (secondary N) is 1. The van der Waals surface area contributed by atoms with Gasteiger partial charge in [-0.05, 0) is 76.3 Å². The molecule has 0 unspecified atom stereocenters. The molecule has 1 aliphatic carbocycles. The zero-order chi connectivity index (χ0) is 19.7. The highest BCUT2D eigenvalue weighted by Crippen LogP contribution is 2.26. The molecule has 0 saturated carbocycles. The van der Waals surface area contributed by atoms with Crippen LogP contribution in [-0.4, -0.2) is 61.8 Å². The first kappa shape index (κ1) is 23.1. The van der Waals surface area contributed by atoms with E-state index in [9.17, 15) is 13.2 Å². The molecule has 158 valence electrons. The lowest BCUT2D eigenvalue weighted by atomic mass is 10.1. The molecule has 0 bridgehead atoms. The number of benzene rings is 1. The van der Waals surface area contributed by atoms with Crippen molar-refractivity contribution in [1.82, 2.24) is 14.5 Å². The topological polar surface area (TPSA) is 69.7 Å². The first-order chi connectivity index (χ1) is 12.6. The van der Waals surface area contributed by atoms with Gasteiger partial charge in [0.05, 0.1) is 11.4 Å². The number of hydrogen-bond donors (Lipinski definition) is 1. The predicted octanol–water partition coefficient (Wildman–Crippen LogP) is 2.21. The fourth-order valence-corrected chi connectivity index (χ4v) is 5.39. The second kappa shape index (κ2) is 9.11. The van der Waals surface area contributed by atoms with Crippen LogP contribution in [-0.2, 0) is 27.7 Å². The Morgan fingerprint density at radius 1 is 1.04 bits per heavy atom. The Kier molecular flexibility index (Phi) is 7.53. The van der Waals surface area contributed by atoms with Crippen LogP contribution < -0.4 is 5.32 Å². The largest absolute Gasteiger partial charge is 0.350 e. The Balaban J connectivity index is 0.00000280. The highest BCUT2D eigenvalue weighted by molar-refractivity contribution is 7.89. The van der Waals surface area contributed by atoms with Crippen LogP contribution in [0.2, 0.25) is 0 Å². The van der Waals surface area contributed by atoms with Crippen LogP contribution in [0.25, 0.3) is 0 Å². The van der Waals surface area contributed by atoms with E-state index in [-0.39, 0.29) is 23.9 Å². The van der Waals surface area contributed by atoms with Crippen LogP contribution in [0.1, 0.15) is 44.7 Å². The summed E-state index contributed by atoms with van der Waals surface area (Å²) in [6, 6.07) is 5.58. The van der Waals surface area contributed by atoms with Gasteiger partial charge in [-0.3, -0.25) is 9.69 Å². The zero-order valence-corrected chi connectivity index (χ0v) is 18.7. The van der Waals surface area contributed by atoms with Gasteiger partial charge in [0.2, 0.25) is 15.9 Å². The summed E-state index contributed by atoms with van der Waals surface area (Å²) in [5.74, 6) is -0.0163. The number of carbonyl (C=O) groups excluding carboxylic acids is 1. The third-order valence-corrected chi connectivity index (χ3v) is 7.03. The molecule has 0 radical (unpaired) electrons. The Hall–Kier alpha value is -1.15. The van der Waals surface area contributed by atoms with E-state index in [1.807, 2.05) is 37.8 Å². The van der Waals surface area contributed by atoms with E-state index in [1.54, 1.807) is 10.4 Å². The molecular formula is C20H32ClN3O3S. The first-order valence-corrected chi connectivity index (χ1v) is 11.2. The lowest BCUT2D eigenvalue weighted by Crippen LogP contribution is -2.46. The Labute approximate surface area is 175 Å². The smallest absolute Gasteiger partial charge is 0.243 e. The van der Waals surface area contributed by atoms with Gasteiger partial charge in [0.15, 0.2) is 0 Å². The molecule has 0 aromatic heterocycles. The van der Waals surface area contributed by atoms with Gasteiger partial charge in [-0.25, -0.2) is 8.42 Å². The van der Waals surface area contributed by atoms with Gasteiger partial charge in [0.1, 0.15) is 0 Å². The van der Waals surface area contributed by atoms with Gasteiger partial charge >= 0.3 is 0 Å². The Bertz CT molecular complexity index is 805. The van der Waals surface area contributed by atoms with E-state index in [4.69, 9.17) is 0 Å². The molecular weight excluding hydrogens is 398 g/mol. The molecule has 1 fully saturated rings. The maximum absolute atomic E-state index is 13.1. The van der Waals surface area contributed by atoms with Gasteiger partial charge in [0, 0.05) is 25.2 Å². The SMILES string of the molecule is CC(C)(C)NC(=O)CN1CCCN(S(=O)(=O)c2ccc3c(c2)CCC3)CC1.Cl. The van der Waals surface area contributed by atoms with Crippen LogP contribution in [0, 0.1) is 0 Å². The third-order valence-electron chi connectivity index (χ3n) is 5.14. The molecule has 1 amide bonds. The highest BCUT2D eigenvalue weighted by atomic mass is 35.5. The lowest BCUT2D eigenvalue weighted by Gasteiger charge is -2.25. The number of rotatable bonds is 4. The summed E-state index contributed by atoms with van der Waals surface area (Å²) in [4.78, 5) is 14.6. The number of aryl methyl sites for hydroxylation is 2. The van der Waals surface area contributed by atoms with Gasteiger partial charge in [-0.2, -0.15) is 4.31 Å². The lowest BCUT2D eigenvalue weighted by molar-refractivity contribution is -0.123. The van der Waals surface area contributed by atoms with Gasteiger partial charge < -0.3 is 5.32 Å². The highest BCUT2D eigenvalue weighted by Gasteiger charge is 2.28. The van der Waals surface area contributed by atoms with Crippen LogP contribution in [0.3, 0.4) is 0 Å². The molecule has 1 aromatic rings. The Morgan fingerprint density at radius 2 is 1.75 bits per heavy atom. The number of sulfonamides is 1. The second-order valence-electron chi connectivity index (χ2n) is 8.62. The van der Waals surface area contributed by atoms with Crippen LogP contribution in [0.15, 0.2) is 23.1 Å². The average Bonchev–Trinajstić information content (AvgIpc) is 2.90. The van der Waals surface area contributed by atoms with E-state index < -0.39 is 10.0 Å². The molecule has 2 aliphatic rings. The number of halogens is 1. The van der Waals surface area contributed by atoms with Crippen molar-refractivity contribution >= 4 is 28.3 Å². The van der Waals surface area contributed by atoms with Crippen molar-refractivity contribution < 1.29 is 13.2 Å². The minimum Gasteiger partial charge on any atom is -0.350 e. The summed E-state index contributed by atoms with van der Waals surface area (Å²) in [7, 11) is -3.48. The van der Waals surface area contributed by atoms with Gasteiger partial charge in [-0.1, -0.05) is 6.07 Å². The summed E-state index contributed by atoms with van der Waals surface area (Å²) in [5.41, 5.74) is 2.19. The molecule has 1 heterocycles. The molecule has 1 saturated heterocycles. The van der Waals surface area contributed by atoms with Crippen molar-refractivity contribution in [3.63, 3.8) is 0 Å². The van der Waals surface area contributed by atoms with Crippen LogP contribution in [0.4, 0.5) is 0 Å². The summed E-state index contributed by atoms with van der Waals surface area (Å²) < 4.78 is 27.7. The van der Waals surface area contributed by atoms with Gasteiger partial charge in [-0.15, -0.1) is 12.4 Å². The minimum absolute atomic E-state index is 0. The molecule has 28 heavy (non-hydrogen) atoms. The number of carbonyl (C=O) groups is 1. The van der Waals surface area contributed by atoms with Crippen molar-refractivity contribution in [3.05, 3.63) is 29.3 Å². The molecule has 0 spiro atoms. The molecule has 6 nitrogen and oxygen atoms in total. The fourth-order valence-electron chi connectivity index (χ4n) is 3.86. The van der Waals surface area contributed by atoms with Gasteiger partial charge in [0.25, 0.3) is 0 Å². The van der Waals surface area contributed by atoms with E-state index in [0.717, 1.165) is 32.2 Å². The molecule has 8 heteroatoms. The normalized spacial score (nSPS) is 18.8. The summed E-state index contributed by atoms with van der Waals surface area (Å²) >= 11 is 0. The monoisotopic (exact) mass is 429 g/mol. The van der Waals surface area contributed by atoms with Crippen molar-refractivity contribution in [1.29, 1.82) is 0 Å². The first-order valence-electron chi connectivity index (χ1n) is 9.80. The summed E-state index contributed by atoms with van der Waals surface area (Å²) in [6.07, 6.45) is 3.85. The minimum atomic E-state index is -3.48. The maximum Gasteiger partial charge on any atom is 0.243 e. The molecule has 1 N–H and O–H groups in total. The van der Waals surface area contributed by atoms with Crippen molar-refractivity contribution in [2.24, 2.45) is 0 Å². The molecule has 1 aromatic carbocycles. The third kappa shape index (κ3) is 5.69. The van der Waals surface area contributed by atoms with E-state index in [0.29, 0.717) is 31.1 Å². The van der Waals surface area contributed by atoms with E-state index in [1.165, 1.54) is 11.1 Å². The zero-order valence-electron chi connectivity index (χ0n) is 17.0. The molecule has 3 rings (SSSR count). The summed E-state index contributed by atoms with van der Waals surface area (Å²) in [5, 5.41) is 2.97. The van der Waals surface area contributed by atoms with Crippen molar-refractivity contribution in [3.8, 4) is 0 Å².